The van der Waals surface area contributed by atoms with Gasteiger partial charge in [-0.25, -0.2) is 0 Å². The molecule has 3 rings (SSSR count). The van der Waals surface area contributed by atoms with E-state index in [2.05, 4.69) is 0 Å². The van der Waals surface area contributed by atoms with Gasteiger partial charge in [-0.2, -0.15) is 0 Å². The highest BCUT2D eigenvalue weighted by molar-refractivity contribution is 5.94. The molecule has 1 aliphatic heterocycles. The zero-order chi connectivity index (χ0) is 21.0. The van der Waals surface area contributed by atoms with Crippen molar-refractivity contribution in [3.8, 4) is 0 Å². The summed E-state index contributed by atoms with van der Waals surface area (Å²) in [4.78, 5) is 27.5. The summed E-state index contributed by atoms with van der Waals surface area (Å²) in [6, 6.07) is 18.5. The highest BCUT2D eigenvalue weighted by atomic mass is 16.6. The normalized spacial score (nSPS) is 21.8. The number of likely N-dealkylation sites (tertiary alicyclic amines) is 1. The Morgan fingerprint density at radius 3 is 2.17 bits per heavy atom. The maximum Gasteiger partial charge on any atom is 0.306 e. The van der Waals surface area contributed by atoms with Gasteiger partial charge in [0.1, 0.15) is 5.60 Å². The van der Waals surface area contributed by atoms with Crippen LogP contribution in [0.15, 0.2) is 60.7 Å². The summed E-state index contributed by atoms with van der Waals surface area (Å²) in [6.07, 6.45) is 0.153. The van der Waals surface area contributed by atoms with Crippen molar-refractivity contribution in [1.29, 1.82) is 0 Å². The third-order valence-electron chi connectivity index (χ3n) is 5.32. The lowest BCUT2D eigenvalue weighted by molar-refractivity contribution is -0.156. The molecule has 154 valence electrons. The SMILES string of the molecule is CC(C)(C)OC(=O)C[C@H]1[C@@H](c2ccccc2)CN(C(=O)c2ccccc2)[C@@H]1CO. The smallest absolute Gasteiger partial charge is 0.306 e. The summed E-state index contributed by atoms with van der Waals surface area (Å²) < 4.78 is 5.53. The van der Waals surface area contributed by atoms with Crippen molar-refractivity contribution in [1.82, 2.24) is 4.90 Å². The molecule has 0 spiro atoms. The van der Waals surface area contributed by atoms with E-state index in [-0.39, 0.29) is 36.7 Å². The third-order valence-corrected chi connectivity index (χ3v) is 5.32. The van der Waals surface area contributed by atoms with Crippen molar-refractivity contribution in [2.75, 3.05) is 13.2 Å². The molecule has 1 heterocycles. The van der Waals surface area contributed by atoms with Crippen LogP contribution in [0, 0.1) is 5.92 Å². The lowest BCUT2D eigenvalue weighted by Crippen LogP contribution is -2.41. The number of hydrogen-bond acceptors (Lipinski definition) is 4. The lowest BCUT2D eigenvalue weighted by Gasteiger charge is -2.28. The maximum absolute atomic E-state index is 13.2. The van der Waals surface area contributed by atoms with Gasteiger partial charge in [0.05, 0.1) is 19.1 Å². The van der Waals surface area contributed by atoms with Gasteiger partial charge in [0.15, 0.2) is 0 Å². The second-order valence-electron chi connectivity index (χ2n) is 8.55. The van der Waals surface area contributed by atoms with Crippen LogP contribution in [0.5, 0.6) is 0 Å². The molecular formula is C24H29NO4. The molecule has 1 amide bonds. The summed E-state index contributed by atoms with van der Waals surface area (Å²) in [5, 5.41) is 10.2. The molecule has 0 unspecified atom stereocenters. The van der Waals surface area contributed by atoms with Crippen molar-refractivity contribution in [3.05, 3.63) is 71.8 Å². The molecule has 5 nitrogen and oxygen atoms in total. The average molecular weight is 395 g/mol. The summed E-state index contributed by atoms with van der Waals surface area (Å²) in [6.45, 7) is 5.76. The number of benzene rings is 2. The molecular weight excluding hydrogens is 366 g/mol. The zero-order valence-corrected chi connectivity index (χ0v) is 17.2. The number of rotatable bonds is 5. The quantitative estimate of drug-likeness (QED) is 0.785. The van der Waals surface area contributed by atoms with Crippen LogP contribution in [0.4, 0.5) is 0 Å². The van der Waals surface area contributed by atoms with Gasteiger partial charge >= 0.3 is 5.97 Å². The minimum Gasteiger partial charge on any atom is -0.460 e. The van der Waals surface area contributed by atoms with Gasteiger partial charge in [-0.1, -0.05) is 48.5 Å². The van der Waals surface area contributed by atoms with Crippen LogP contribution < -0.4 is 0 Å². The van der Waals surface area contributed by atoms with E-state index in [9.17, 15) is 14.7 Å². The number of aliphatic hydroxyl groups excluding tert-OH is 1. The first kappa shape index (κ1) is 21.1. The Labute approximate surface area is 172 Å². The van der Waals surface area contributed by atoms with Crippen LogP contribution in [-0.4, -0.2) is 46.7 Å². The largest absolute Gasteiger partial charge is 0.460 e. The van der Waals surface area contributed by atoms with E-state index < -0.39 is 11.6 Å². The summed E-state index contributed by atoms with van der Waals surface area (Å²) in [5.74, 6) is -0.702. The van der Waals surface area contributed by atoms with Gasteiger partial charge in [0.25, 0.3) is 5.91 Å². The van der Waals surface area contributed by atoms with Crippen LogP contribution in [0.1, 0.15) is 49.0 Å². The van der Waals surface area contributed by atoms with Gasteiger partial charge in [-0.05, 0) is 38.5 Å². The van der Waals surface area contributed by atoms with Crippen molar-refractivity contribution in [2.24, 2.45) is 5.92 Å². The topological polar surface area (TPSA) is 66.8 Å². The Hall–Kier alpha value is -2.66. The van der Waals surface area contributed by atoms with E-state index in [0.717, 1.165) is 5.56 Å². The van der Waals surface area contributed by atoms with Gasteiger partial charge in [0.2, 0.25) is 0 Å². The standard InChI is InChI=1S/C24H29NO4/c1-24(2,3)29-22(27)14-19-20(17-10-6-4-7-11-17)15-25(21(19)16-26)23(28)18-12-8-5-9-13-18/h4-13,19-21,26H,14-16H2,1-3H3/t19-,20+,21+/m0/s1. The van der Waals surface area contributed by atoms with Crippen molar-refractivity contribution in [3.63, 3.8) is 0 Å². The second kappa shape index (κ2) is 8.78. The predicted octanol–water partition coefficient (Wildman–Crippen LogP) is 3.64. The molecule has 0 aromatic heterocycles. The Kier molecular flexibility index (Phi) is 6.38. The van der Waals surface area contributed by atoms with Crippen LogP contribution in [-0.2, 0) is 9.53 Å². The molecule has 0 radical (unpaired) electrons. The number of carbonyl (C=O) groups is 2. The van der Waals surface area contributed by atoms with Gasteiger partial charge in [-0.3, -0.25) is 9.59 Å². The fourth-order valence-electron chi connectivity index (χ4n) is 4.10. The molecule has 5 heteroatoms. The van der Waals surface area contributed by atoms with Crippen molar-refractivity contribution >= 4 is 11.9 Å². The van der Waals surface area contributed by atoms with Crippen LogP contribution >= 0.6 is 0 Å². The van der Waals surface area contributed by atoms with E-state index >= 15 is 0 Å². The second-order valence-corrected chi connectivity index (χ2v) is 8.55. The maximum atomic E-state index is 13.2. The highest BCUT2D eigenvalue weighted by Gasteiger charge is 2.45. The zero-order valence-electron chi connectivity index (χ0n) is 17.2. The Morgan fingerprint density at radius 2 is 1.62 bits per heavy atom. The number of aliphatic hydroxyl groups is 1. The van der Waals surface area contributed by atoms with Gasteiger partial charge in [-0.15, -0.1) is 0 Å². The molecule has 1 aliphatic rings. The molecule has 1 N–H and O–H groups in total. The number of nitrogens with zero attached hydrogens (tertiary/aromatic N) is 1. The van der Waals surface area contributed by atoms with Crippen LogP contribution in [0.2, 0.25) is 0 Å². The summed E-state index contributed by atoms with van der Waals surface area (Å²) in [7, 11) is 0. The van der Waals surface area contributed by atoms with E-state index in [1.807, 2.05) is 69.3 Å². The first-order chi connectivity index (χ1) is 13.8. The molecule has 1 fully saturated rings. The number of hydrogen-bond donors (Lipinski definition) is 1. The van der Waals surface area contributed by atoms with Gasteiger partial charge in [0, 0.05) is 23.9 Å². The minimum absolute atomic E-state index is 0.0477. The van der Waals surface area contributed by atoms with Crippen molar-refractivity contribution < 1.29 is 19.4 Å². The lowest BCUT2D eigenvalue weighted by atomic mass is 9.83. The van der Waals surface area contributed by atoms with E-state index in [1.54, 1.807) is 17.0 Å². The Bertz CT molecular complexity index is 829. The minimum atomic E-state index is -0.577. The van der Waals surface area contributed by atoms with E-state index in [1.165, 1.54) is 0 Å². The van der Waals surface area contributed by atoms with Crippen LogP contribution in [0.25, 0.3) is 0 Å². The first-order valence-corrected chi connectivity index (χ1v) is 10.0. The molecule has 0 saturated carbocycles. The molecule has 0 bridgehead atoms. The summed E-state index contributed by atoms with van der Waals surface area (Å²) >= 11 is 0. The summed E-state index contributed by atoms with van der Waals surface area (Å²) in [5.41, 5.74) is 1.06. The highest BCUT2D eigenvalue weighted by Crippen LogP contribution is 2.40. The molecule has 2 aromatic rings. The fraction of sp³-hybridized carbons (Fsp3) is 0.417. The van der Waals surface area contributed by atoms with Crippen molar-refractivity contribution in [2.45, 2.75) is 44.8 Å². The molecule has 0 aliphatic carbocycles. The number of amides is 1. The predicted molar refractivity (Wildman–Crippen MR) is 111 cm³/mol. The van der Waals surface area contributed by atoms with Crippen LogP contribution in [0.3, 0.4) is 0 Å². The fourth-order valence-corrected chi connectivity index (χ4v) is 4.10. The third kappa shape index (κ3) is 5.04. The number of ether oxygens (including phenoxy) is 1. The number of carbonyl (C=O) groups excluding carboxylic acids is 2. The Balaban J connectivity index is 1.91. The van der Waals surface area contributed by atoms with E-state index in [4.69, 9.17) is 4.74 Å². The first-order valence-electron chi connectivity index (χ1n) is 10.0. The molecule has 1 saturated heterocycles. The molecule has 3 atom stereocenters. The monoisotopic (exact) mass is 395 g/mol. The number of esters is 1. The Morgan fingerprint density at radius 1 is 1.03 bits per heavy atom. The molecule has 29 heavy (non-hydrogen) atoms. The van der Waals surface area contributed by atoms with E-state index in [0.29, 0.717) is 12.1 Å². The van der Waals surface area contributed by atoms with Gasteiger partial charge < -0.3 is 14.7 Å². The average Bonchev–Trinajstić information content (AvgIpc) is 3.05. The molecule has 2 aromatic carbocycles.